The molecule has 0 aromatic carbocycles. The molecule has 1 atom stereocenters. The van der Waals surface area contributed by atoms with Crippen molar-refractivity contribution in [1.82, 2.24) is 5.32 Å². The van der Waals surface area contributed by atoms with E-state index in [2.05, 4.69) is 0 Å². The number of rotatable bonds is 2. The van der Waals surface area contributed by atoms with Gasteiger partial charge in [-0.2, -0.15) is 5.26 Å². The molecule has 0 aromatic heterocycles. The maximum absolute atomic E-state index is 11.2. The fourth-order valence-electron chi connectivity index (χ4n) is 0.628. The average molecular weight is 200 g/mol. The van der Waals surface area contributed by atoms with Crippen LogP contribution in [0.5, 0.6) is 0 Å². The molecule has 2 N–H and O–H groups in total. The molecule has 0 radical (unpaired) electrons. The van der Waals surface area contributed by atoms with Gasteiger partial charge in [-0.3, -0.25) is 5.32 Å². The average Bonchev–Trinajstić information content (AvgIpc) is 1.96. The second kappa shape index (κ2) is 4.46. The van der Waals surface area contributed by atoms with Gasteiger partial charge < -0.3 is 9.84 Å². The molecule has 6 heteroatoms. The smallest absolute Gasteiger partial charge is 0.406 e. The first-order valence-electron chi connectivity index (χ1n) is 3.88. The summed E-state index contributed by atoms with van der Waals surface area (Å²) in [4.78, 5) is 21.3. The van der Waals surface area contributed by atoms with Gasteiger partial charge in [-0.15, -0.1) is 0 Å². The number of hydrogen-bond donors (Lipinski definition) is 2. The number of esters is 1. The van der Waals surface area contributed by atoms with Crippen molar-refractivity contribution < 1.29 is 19.4 Å². The molecule has 14 heavy (non-hydrogen) atoms. The van der Waals surface area contributed by atoms with Crippen molar-refractivity contribution in [2.24, 2.45) is 0 Å². The molecule has 1 amide bonds. The fraction of sp³-hybridized carbons (Fsp3) is 0.625. The van der Waals surface area contributed by atoms with Crippen LogP contribution in [0.25, 0.3) is 0 Å². The maximum atomic E-state index is 11.2. The van der Waals surface area contributed by atoms with E-state index in [1.54, 1.807) is 26.1 Å². The molecular formula is C8H12N2O4. The summed E-state index contributed by atoms with van der Waals surface area (Å²) in [5, 5.41) is 18.5. The highest BCUT2D eigenvalue weighted by molar-refractivity contribution is 5.83. The van der Waals surface area contributed by atoms with Crippen molar-refractivity contribution in [2.45, 2.75) is 32.4 Å². The number of carboxylic acid groups (broad SMARTS) is 1. The molecule has 0 spiro atoms. The highest BCUT2D eigenvalue weighted by Gasteiger charge is 2.26. The van der Waals surface area contributed by atoms with E-state index in [0.717, 1.165) is 0 Å². The Balaban J connectivity index is 4.35. The first-order chi connectivity index (χ1) is 6.26. The molecule has 6 nitrogen and oxygen atoms in total. The van der Waals surface area contributed by atoms with Crippen molar-refractivity contribution in [3.8, 4) is 6.07 Å². The molecule has 0 aliphatic carbocycles. The van der Waals surface area contributed by atoms with Gasteiger partial charge in [-0.05, 0) is 20.8 Å². The van der Waals surface area contributed by atoms with E-state index < -0.39 is 23.7 Å². The van der Waals surface area contributed by atoms with Crippen LogP contribution in [0.4, 0.5) is 4.79 Å². The molecular weight excluding hydrogens is 188 g/mol. The predicted molar refractivity (Wildman–Crippen MR) is 46.4 cm³/mol. The summed E-state index contributed by atoms with van der Waals surface area (Å²) < 4.78 is 4.80. The van der Waals surface area contributed by atoms with E-state index in [-0.39, 0.29) is 0 Å². The number of nitrogens with zero attached hydrogens (tertiary/aromatic N) is 1. The predicted octanol–water partition coefficient (Wildman–Crippen LogP) is 0.488. The number of carbonyl (C=O) groups is 2. The van der Waals surface area contributed by atoms with Crippen molar-refractivity contribution in [1.29, 1.82) is 5.26 Å². The molecule has 0 saturated heterocycles. The number of nitrogens with one attached hydrogen (secondary N) is 1. The van der Waals surface area contributed by atoms with Crippen LogP contribution in [0.15, 0.2) is 0 Å². The largest absolute Gasteiger partial charge is 0.465 e. The monoisotopic (exact) mass is 200 g/mol. The van der Waals surface area contributed by atoms with E-state index in [1.165, 1.54) is 6.07 Å². The Morgan fingerprint density at radius 1 is 1.50 bits per heavy atom. The number of carbonyl (C=O) groups excluding carboxylic acids is 1. The van der Waals surface area contributed by atoms with E-state index in [4.69, 9.17) is 15.1 Å². The van der Waals surface area contributed by atoms with E-state index >= 15 is 0 Å². The topological polar surface area (TPSA) is 99.4 Å². The number of nitriles is 1. The Morgan fingerprint density at radius 2 is 2.00 bits per heavy atom. The molecule has 1 unspecified atom stereocenters. The van der Waals surface area contributed by atoms with Gasteiger partial charge in [-0.25, -0.2) is 9.59 Å². The highest BCUT2D eigenvalue weighted by atomic mass is 16.6. The third kappa shape index (κ3) is 4.98. The lowest BCUT2D eigenvalue weighted by Crippen LogP contribution is -2.42. The zero-order valence-corrected chi connectivity index (χ0v) is 8.20. The van der Waals surface area contributed by atoms with Crippen molar-refractivity contribution in [3.63, 3.8) is 0 Å². The SMILES string of the molecule is CC(C)(C)OC(=O)C(C#N)NC(=O)O. The summed E-state index contributed by atoms with van der Waals surface area (Å²) in [6.45, 7) is 4.88. The molecule has 0 aromatic rings. The van der Waals surface area contributed by atoms with Gasteiger partial charge in [0.15, 0.2) is 0 Å². The Hall–Kier alpha value is -1.77. The maximum Gasteiger partial charge on any atom is 0.406 e. The van der Waals surface area contributed by atoms with Crippen LogP contribution in [0, 0.1) is 11.3 Å². The Morgan fingerprint density at radius 3 is 2.29 bits per heavy atom. The molecule has 0 fully saturated rings. The van der Waals surface area contributed by atoms with E-state index in [0.29, 0.717) is 0 Å². The van der Waals surface area contributed by atoms with Gasteiger partial charge in [-0.1, -0.05) is 0 Å². The van der Waals surface area contributed by atoms with Crippen molar-refractivity contribution >= 4 is 12.1 Å². The molecule has 0 aliphatic heterocycles. The third-order valence-corrected chi connectivity index (χ3v) is 1.04. The van der Waals surface area contributed by atoms with Gasteiger partial charge in [0.2, 0.25) is 6.04 Å². The van der Waals surface area contributed by atoms with Gasteiger partial charge >= 0.3 is 12.1 Å². The lowest BCUT2D eigenvalue weighted by Gasteiger charge is -2.21. The molecule has 78 valence electrons. The van der Waals surface area contributed by atoms with Gasteiger partial charge in [0.05, 0.1) is 6.07 Å². The first-order valence-corrected chi connectivity index (χ1v) is 3.88. The van der Waals surface area contributed by atoms with Crippen LogP contribution in [0.2, 0.25) is 0 Å². The van der Waals surface area contributed by atoms with Crippen LogP contribution in [0.1, 0.15) is 20.8 Å². The van der Waals surface area contributed by atoms with Gasteiger partial charge in [0, 0.05) is 0 Å². The minimum Gasteiger partial charge on any atom is -0.465 e. The standard InChI is InChI=1S/C8H12N2O4/c1-8(2,3)14-6(11)5(4-9)10-7(12)13/h5,10H,1-3H3,(H,12,13). The summed E-state index contributed by atoms with van der Waals surface area (Å²) in [5.74, 6) is -0.901. The second-order valence-electron chi connectivity index (χ2n) is 3.55. The Labute approximate surface area is 81.5 Å². The first kappa shape index (κ1) is 12.2. The summed E-state index contributed by atoms with van der Waals surface area (Å²) >= 11 is 0. The minimum absolute atomic E-state index is 0.744. The van der Waals surface area contributed by atoms with E-state index in [9.17, 15) is 9.59 Å². The van der Waals surface area contributed by atoms with E-state index in [1.807, 2.05) is 0 Å². The second-order valence-corrected chi connectivity index (χ2v) is 3.55. The van der Waals surface area contributed by atoms with Crippen molar-refractivity contribution in [3.05, 3.63) is 0 Å². The zero-order valence-electron chi connectivity index (χ0n) is 8.20. The van der Waals surface area contributed by atoms with Gasteiger partial charge in [0.25, 0.3) is 0 Å². The molecule has 0 aliphatic rings. The molecule has 0 bridgehead atoms. The normalized spacial score (nSPS) is 12.4. The van der Waals surface area contributed by atoms with Crippen LogP contribution in [0.3, 0.4) is 0 Å². The Kier molecular flexibility index (Phi) is 3.90. The lowest BCUT2D eigenvalue weighted by molar-refractivity contribution is -0.155. The van der Waals surface area contributed by atoms with Crippen LogP contribution in [-0.2, 0) is 9.53 Å². The van der Waals surface area contributed by atoms with Gasteiger partial charge in [0.1, 0.15) is 5.60 Å². The highest BCUT2D eigenvalue weighted by Crippen LogP contribution is 2.08. The van der Waals surface area contributed by atoms with Crippen molar-refractivity contribution in [2.75, 3.05) is 0 Å². The quantitative estimate of drug-likeness (QED) is 0.632. The number of hydrogen-bond acceptors (Lipinski definition) is 4. The summed E-state index contributed by atoms with van der Waals surface area (Å²) in [6.07, 6.45) is -1.44. The van der Waals surface area contributed by atoms with Crippen LogP contribution in [-0.4, -0.2) is 28.8 Å². The fourth-order valence-corrected chi connectivity index (χ4v) is 0.628. The Bertz CT molecular complexity index is 274. The number of ether oxygens (including phenoxy) is 1. The molecule has 0 saturated carbocycles. The summed E-state index contributed by atoms with van der Waals surface area (Å²) in [6, 6.07) is 0.00938. The number of amides is 1. The summed E-state index contributed by atoms with van der Waals surface area (Å²) in [7, 11) is 0. The lowest BCUT2D eigenvalue weighted by atomic mass is 10.2. The van der Waals surface area contributed by atoms with Crippen LogP contribution < -0.4 is 5.32 Å². The molecule has 0 rings (SSSR count). The minimum atomic E-state index is -1.48. The third-order valence-electron chi connectivity index (χ3n) is 1.04. The summed E-state index contributed by atoms with van der Waals surface area (Å²) in [5.41, 5.74) is -0.744. The molecule has 0 heterocycles. The zero-order chi connectivity index (χ0) is 11.4. The van der Waals surface area contributed by atoms with Crippen LogP contribution >= 0.6 is 0 Å².